The van der Waals surface area contributed by atoms with E-state index in [1.807, 2.05) is 0 Å². The number of benzene rings is 2. The third-order valence-corrected chi connectivity index (χ3v) is 8.57. The Balaban J connectivity index is 2.32. The van der Waals surface area contributed by atoms with Crippen molar-refractivity contribution in [2.45, 2.75) is 30.6 Å². The Kier molecular flexibility index (Phi) is 6.78. The molecule has 1 heterocycles. The predicted octanol–water partition coefficient (Wildman–Crippen LogP) is 2.49. The molecule has 0 amide bonds. The van der Waals surface area contributed by atoms with Crippen LogP contribution in [0.25, 0.3) is 10.9 Å². The maximum absolute atomic E-state index is 13.5. The fourth-order valence-corrected chi connectivity index (χ4v) is 6.41. The quantitative estimate of drug-likeness (QED) is 0.350. The van der Waals surface area contributed by atoms with Gasteiger partial charge in [0, 0.05) is 12.4 Å². The number of likely N-dealkylation sites (N-methyl/N-ethyl adjacent to an activating group) is 1. The average molecular weight is 493 g/mol. The number of aryl methyl sites for hydroxylation is 2. The number of hydrogen-bond acceptors (Lipinski definition) is 7. The lowest BCUT2D eigenvalue weighted by Gasteiger charge is -2.19. The minimum absolute atomic E-state index is 0.0851. The third-order valence-electron chi connectivity index (χ3n) is 5.02. The van der Waals surface area contributed by atoms with Crippen LogP contribution in [0.5, 0.6) is 0 Å². The van der Waals surface area contributed by atoms with Gasteiger partial charge >= 0.3 is 5.97 Å². The number of fused-ring (bicyclic) bond motifs is 1. The van der Waals surface area contributed by atoms with Crippen LogP contribution in [0.3, 0.4) is 0 Å². The SMILES string of the molecule is CCOC(=O)CN(C)S(=O)(=O)c1cc(C)cc2cc(C=O)n(S(=O)(=O)c3ccc(C)cc3)c12. The van der Waals surface area contributed by atoms with Crippen LogP contribution in [0.2, 0.25) is 0 Å². The molecular weight excluding hydrogens is 468 g/mol. The molecule has 0 saturated heterocycles. The predicted molar refractivity (Wildman–Crippen MR) is 122 cm³/mol. The van der Waals surface area contributed by atoms with Crippen molar-refractivity contribution < 1.29 is 31.2 Å². The number of esters is 1. The Hall–Kier alpha value is -3.02. The molecule has 0 unspecified atom stereocenters. The van der Waals surface area contributed by atoms with Gasteiger partial charge in [-0.2, -0.15) is 4.31 Å². The van der Waals surface area contributed by atoms with Crippen LogP contribution in [0.4, 0.5) is 0 Å². The summed E-state index contributed by atoms with van der Waals surface area (Å²) in [6, 6.07) is 10.2. The lowest BCUT2D eigenvalue weighted by atomic mass is 10.2. The molecule has 176 valence electrons. The summed E-state index contributed by atoms with van der Waals surface area (Å²) in [4.78, 5) is 23.3. The molecule has 0 spiro atoms. The highest BCUT2D eigenvalue weighted by molar-refractivity contribution is 7.90. The molecule has 0 radical (unpaired) electrons. The smallest absolute Gasteiger partial charge is 0.321 e. The number of nitrogens with zero attached hydrogens (tertiary/aromatic N) is 2. The largest absolute Gasteiger partial charge is 0.465 e. The highest BCUT2D eigenvalue weighted by Crippen LogP contribution is 2.32. The van der Waals surface area contributed by atoms with Crippen molar-refractivity contribution in [3.8, 4) is 0 Å². The molecule has 9 nitrogen and oxygen atoms in total. The third kappa shape index (κ3) is 4.56. The van der Waals surface area contributed by atoms with Gasteiger partial charge in [-0.15, -0.1) is 0 Å². The van der Waals surface area contributed by atoms with Gasteiger partial charge in [0.2, 0.25) is 10.0 Å². The van der Waals surface area contributed by atoms with Crippen LogP contribution < -0.4 is 0 Å². The van der Waals surface area contributed by atoms with Crippen molar-refractivity contribution in [3.63, 3.8) is 0 Å². The number of rotatable bonds is 8. The van der Waals surface area contributed by atoms with E-state index in [4.69, 9.17) is 4.74 Å². The first kappa shape index (κ1) is 24.6. The number of ether oxygens (including phenoxy) is 1. The zero-order valence-corrected chi connectivity index (χ0v) is 20.2. The molecule has 3 aromatic rings. The van der Waals surface area contributed by atoms with Crippen molar-refractivity contribution in [2.75, 3.05) is 20.2 Å². The molecule has 0 aliphatic heterocycles. The fraction of sp³-hybridized carbons (Fsp3) is 0.273. The molecule has 11 heteroatoms. The first-order valence-electron chi connectivity index (χ1n) is 9.99. The Morgan fingerprint density at radius 1 is 1.03 bits per heavy atom. The molecule has 0 saturated carbocycles. The molecule has 3 rings (SSSR count). The topological polar surface area (TPSA) is 120 Å². The van der Waals surface area contributed by atoms with Gasteiger partial charge in [0.25, 0.3) is 10.0 Å². The first-order chi connectivity index (χ1) is 15.4. The van der Waals surface area contributed by atoms with Gasteiger partial charge in [-0.25, -0.2) is 20.8 Å². The highest BCUT2D eigenvalue weighted by atomic mass is 32.2. The number of carbonyl (C=O) groups is 2. The molecule has 0 aliphatic rings. The van der Waals surface area contributed by atoms with Crippen molar-refractivity contribution in [1.29, 1.82) is 0 Å². The summed E-state index contributed by atoms with van der Waals surface area (Å²) in [6.07, 6.45) is 0.361. The summed E-state index contributed by atoms with van der Waals surface area (Å²) >= 11 is 0. The molecule has 0 N–H and O–H groups in total. The molecule has 2 aromatic carbocycles. The fourth-order valence-electron chi connectivity index (χ4n) is 3.44. The van der Waals surface area contributed by atoms with E-state index in [1.165, 1.54) is 31.3 Å². The Morgan fingerprint density at radius 2 is 1.67 bits per heavy atom. The molecule has 0 fully saturated rings. The number of sulfonamides is 1. The molecule has 0 aliphatic carbocycles. The molecule has 33 heavy (non-hydrogen) atoms. The van der Waals surface area contributed by atoms with Gasteiger partial charge in [0.05, 0.1) is 22.7 Å². The first-order valence-corrected chi connectivity index (χ1v) is 12.9. The highest BCUT2D eigenvalue weighted by Gasteiger charge is 2.31. The second-order valence-electron chi connectivity index (χ2n) is 7.54. The van der Waals surface area contributed by atoms with Crippen molar-refractivity contribution in [2.24, 2.45) is 0 Å². The minimum atomic E-state index is -4.34. The van der Waals surface area contributed by atoms with Gasteiger partial charge in [0.15, 0.2) is 6.29 Å². The van der Waals surface area contributed by atoms with E-state index >= 15 is 0 Å². The maximum Gasteiger partial charge on any atom is 0.321 e. The van der Waals surface area contributed by atoms with Crippen LogP contribution >= 0.6 is 0 Å². The average Bonchev–Trinajstić information content (AvgIpc) is 3.12. The van der Waals surface area contributed by atoms with Gasteiger partial charge in [-0.05, 0) is 56.7 Å². The van der Waals surface area contributed by atoms with Crippen molar-refractivity contribution in [1.82, 2.24) is 8.28 Å². The lowest BCUT2D eigenvalue weighted by molar-refractivity contribution is -0.143. The Morgan fingerprint density at radius 3 is 2.24 bits per heavy atom. The van der Waals surface area contributed by atoms with E-state index in [2.05, 4.69) is 0 Å². The second-order valence-corrected chi connectivity index (χ2v) is 11.3. The standard InChI is InChI=1S/C22H24N2O7S2/c1-5-31-21(26)13-23(4)33(29,30)20-11-16(3)10-17-12-18(14-25)24(22(17)20)32(27,28)19-8-6-15(2)7-9-19/h6-12,14H,5,13H2,1-4H3. The maximum atomic E-state index is 13.5. The summed E-state index contributed by atoms with van der Waals surface area (Å²) in [6.45, 7) is 4.57. The van der Waals surface area contributed by atoms with Gasteiger partial charge in [-0.1, -0.05) is 17.7 Å². The molecule has 1 aromatic heterocycles. The summed E-state index contributed by atoms with van der Waals surface area (Å²) in [7, 11) is -7.46. The minimum Gasteiger partial charge on any atom is -0.465 e. The molecular formula is C22H24N2O7S2. The van der Waals surface area contributed by atoms with Gasteiger partial charge in [-0.3, -0.25) is 9.59 Å². The lowest BCUT2D eigenvalue weighted by Crippen LogP contribution is -2.33. The monoisotopic (exact) mass is 492 g/mol. The van der Waals surface area contributed by atoms with E-state index in [1.54, 1.807) is 39.0 Å². The van der Waals surface area contributed by atoms with Crippen LogP contribution in [0, 0.1) is 13.8 Å². The molecule has 0 bridgehead atoms. The van der Waals surface area contributed by atoms with E-state index < -0.39 is 32.6 Å². The van der Waals surface area contributed by atoms with E-state index in [0.29, 0.717) is 11.8 Å². The van der Waals surface area contributed by atoms with Crippen LogP contribution in [0.1, 0.15) is 28.5 Å². The molecule has 0 atom stereocenters. The summed E-state index contributed by atoms with van der Waals surface area (Å²) in [5, 5.41) is 0.260. The number of hydrogen-bond donors (Lipinski definition) is 0. The van der Waals surface area contributed by atoms with Gasteiger partial charge in [0.1, 0.15) is 11.4 Å². The van der Waals surface area contributed by atoms with Gasteiger partial charge < -0.3 is 4.74 Å². The zero-order valence-electron chi connectivity index (χ0n) is 18.6. The Bertz CT molecular complexity index is 1440. The van der Waals surface area contributed by atoms with E-state index in [-0.39, 0.29) is 33.0 Å². The van der Waals surface area contributed by atoms with Crippen LogP contribution in [0.15, 0.2) is 52.3 Å². The normalized spacial score (nSPS) is 12.3. The van der Waals surface area contributed by atoms with Crippen molar-refractivity contribution >= 4 is 43.2 Å². The van der Waals surface area contributed by atoms with Crippen molar-refractivity contribution in [3.05, 3.63) is 59.3 Å². The summed E-state index contributed by atoms with van der Waals surface area (Å²) < 4.78 is 60.2. The van der Waals surface area contributed by atoms with Crippen LogP contribution in [-0.4, -0.2) is 57.6 Å². The Labute approximate surface area is 192 Å². The number of carbonyl (C=O) groups excluding carboxylic acids is 2. The van der Waals surface area contributed by atoms with E-state index in [9.17, 15) is 26.4 Å². The van der Waals surface area contributed by atoms with E-state index in [0.717, 1.165) is 13.8 Å². The second kappa shape index (κ2) is 9.08. The number of aldehydes is 1. The number of aromatic nitrogens is 1. The zero-order chi connectivity index (χ0) is 24.6. The van der Waals surface area contributed by atoms with Crippen LogP contribution in [-0.2, 0) is 29.6 Å². The summed E-state index contributed by atoms with van der Waals surface area (Å²) in [5.74, 6) is -0.747. The summed E-state index contributed by atoms with van der Waals surface area (Å²) in [5.41, 5.74) is 0.981.